The topological polar surface area (TPSA) is 101 Å². The summed E-state index contributed by atoms with van der Waals surface area (Å²) in [7, 11) is -4.00. The smallest absolute Gasteiger partial charge is 0.329 e. The zero-order chi connectivity index (χ0) is 14.8. The first-order chi connectivity index (χ1) is 8.51. The summed E-state index contributed by atoms with van der Waals surface area (Å²) in [6.07, 6.45) is 0. The van der Waals surface area contributed by atoms with Gasteiger partial charge >= 0.3 is 6.03 Å². The first-order valence-corrected chi connectivity index (χ1v) is 7.69. The van der Waals surface area contributed by atoms with Crippen LogP contribution in [0.2, 0.25) is 0 Å². The van der Waals surface area contributed by atoms with E-state index >= 15 is 0 Å². The Bertz CT molecular complexity index is 594. The molecule has 8 heteroatoms. The highest BCUT2D eigenvalue weighted by Gasteiger charge is 2.23. The zero-order valence-corrected chi connectivity index (χ0v) is 13.2. The number of nitrogens with two attached hydrogens (primary N) is 1. The minimum atomic E-state index is -4.00. The van der Waals surface area contributed by atoms with Crippen molar-refractivity contribution in [1.29, 1.82) is 0 Å². The van der Waals surface area contributed by atoms with Crippen molar-refractivity contribution in [2.75, 3.05) is 5.73 Å². The summed E-state index contributed by atoms with van der Waals surface area (Å²) in [6, 6.07) is 3.60. The van der Waals surface area contributed by atoms with Gasteiger partial charge in [0.1, 0.15) is 4.90 Å². The maximum absolute atomic E-state index is 12.0. The van der Waals surface area contributed by atoms with Gasteiger partial charge in [0.15, 0.2) is 0 Å². The average molecular weight is 350 g/mol. The van der Waals surface area contributed by atoms with Crippen LogP contribution in [0.1, 0.15) is 20.8 Å². The van der Waals surface area contributed by atoms with Gasteiger partial charge in [0.05, 0.1) is 5.69 Å². The highest BCUT2D eigenvalue weighted by molar-refractivity contribution is 9.10. The number of sulfonamides is 1. The summed E-state index contributed by atoms with van der Waals surface area (Å²) >= 11 is 3.16. The second-order valence-corrected chi connectivity index (χ2v) is 7.56. The minimum absolute atomic E-state index is 0.0688. The predicted octanol–water partition coefficient (Wildman–Crippen LogP) is 1.82. The number of halogens is 1. The van der Waals surface area contributed by atoms with Gasteiger partial charge in [-0.3, -0.25) is 0 Å². The SMILES string of the molecule is CC(C)(C)NC(=O)NS(=O)(=O)c1cc(Br)ccc1N. The highest BCUT2D eigenvalue weighted by atomic mass is 79.9. The Kier molecular flexibility index (Phi) is 4.46. The van der Waals surface area contributed by atoms with Crippen LogP contribution in [0.5, 0.6) is 0 Å². The molecule has 19 heavy (non-hydrogen) atoms. The van der Waals surface area contributed by atoms with E-state index in [-0.39, 0.29) is 10.6 Å². The second kappa shape index (κ2) is 5.38. The highest BCUT2D eigenvalue weighted by Crippen LogP contribution is 2.22. The maximum atomic E-state index is 12.0. The summed E-state index contributed by atoms with van der Waals surface area (Å²) in [5.41, 5.74) is 5.14. The number of urea groups is 1. The van der Waals surface area contributed by atoms with Crippen LogP contribution in [0.4, 0.5) is 10.5 Å². The molecule has 0 atom stereocenters. The Labute approximate surface area is 120 Å². The fourth-order valence-electron chi connectivity index (χ4n) is 1.28. The lowest BCUT2D eigenvalue weighted by Crippen LogP contribution is -2.48. The van der Waals surface area contributed by atoms with E-state index in [2.05, 4.69) is 21.2 Å². The number of hydrogen-bond acceptors (Lipinski definition) is 4. The Hall–Kier alpha value is -1.28. The number of rotatable bonds is 2. The fraction of sp³-hybridized carbons (Fsp3) is 0.364. The number of nitrogen functional groups attached to an aromatic ring is 1. The van der Waals surface area contributed by atoms with E-state index in [1.807, 2.05) is 4.72 Å². The largest absolute Gasteiger partial charge is 0.398 e. The predicted molar refractivity (Wildman–Crippen MR) is 77.2 cm³/mol. The van der Waals surface area contributed by atoms with Crippen molar-refractivity contribution in [3.63, 3.8) is 0 Å². The van der Waals surface area contributed by atoms with Crippen LogP contribution < -0.4 is 15.8 Å². The Morgan fingerprint density at radius 2 is 1.89 bits per heavy atom. The summed E-state index contributed by atoms with van der Waals surface area (Å²) < 4.78 is 26.5. The van der Waals surface area contributed by atoms with Crippen molar-refractivity contribution >= 4 is 37.7 Å². The van der Waals surface area contributed by atoms with Crippen LogP contribution in [0.3, 0.4) is 0 Å². The normalized spacial score (nSPS) is 12.0. The number of anilines is 1. The minimum Gasteiger partial charge on any atom is -0.398 e. The Morgan fingerprint density at radius 1 is 1.32 bits per heavy atom. The molecule has 1 rings (SSSR count). The molecule has 2 amide bonds. The number of carbonyl (C=O) groups excluding carboxylic acids is 1. The van der Waals surface area contributed by atoms with Crippen molar-refractivity contribution < 1.29 is 13.2 Å². The Morgan fingerprint density at radius 3 is 2.42 bits per heavy atom. The molecule has 1 aromatic rings. The second-order valence-electron chi connectivity index (χ2n) is 4.99. The van der Waals surface area contributed by atoms with Crippen molar-refractivity contribution in [3.8, 4) is 0 Å². The molecule has 6 nitrogen and oxygen atoms in total. The van der Waals surface area contributed by atoms with E-state index in [1.54, 1.807) is 26.8 Å². The summed E-state index contributed by atoms with van der Waals surface area (Å²) in [6.45, 7) is 5.23. The van der Waals surface area contributed by atoms with Gasteiger partial charge in [-0.2, -0.15) is 0 Å². The number of benzene rings is 1. The molecule has 0 saturated carbocycles. The van der Waals surface area contributed by atoms with E-state index in [0.717, 1.165) is 0 Å². The van der Waals surface area contributed by atoms with Gasteiger partial charge in [0.25, 0.3) is 10.0 Å². The quantitative estimate of drug-likeness (QED) is 0.708. The van der Waals surface area contributed by atoms with Crippen molar-refractivity contribution in [2.24, 2.45) is 0 Å². The van der Waals surface area contributed by atoms with Gasteiger partial charge in [-0.05, 0) is 39.0 Å². The lowest BCUT2D eigenvalue weighted by atomic mass is 10.1. The van der Waals surface area contributed by atoms with Gasteiger partial charge in [-0.15, -0.1) is 0 Å². The summed E-state index contributed by atoms with van der Waals surface area (Å²) in [4.78, 5) is 11.4. The van der Waals surface area contributed by atoms with Crippen LogP contribution >= 0.6 is 15.9 Å². The molecule has 0 fully saturated rings. The molecule has 0 aliphatic heterocycles. The Balaban J connectivity index is 2.99. The van der Waals surface area contributed by atoms with Crippen LogP contribution in [-0.4, -0.2) is 20.0 Å². The lowest BCUT2D eigenvalue weighted by Gasteiger charge is -2.20. The monoisotopic (exact) mass is 349 g/mol. The molecule has 0 heterocycles. The van der Waals surface area contributed by atoms with Crippen molar-refractivity contribution in [2.45, 2.75) is 31.2 Å². The van der Waals surface area contributed by atoms with Crippen molar-refractivity contribution in [3.05, 3.63) is 22.7 Å². The summed E-state index contributed by atoms with van der Waals surface area (Å²) in [5.74, 6) is 0. The molecule has 106 valence electrons. The summed E-state index contributed by atoms with van der Waals surface area (Å²) in [5, 5.41) is 2.50. The van der Waals surface area contributed by atoms with Crippen LogP contribution in [0.25, 0.3) is 0 Å². The molecular formula is C11H16BrN3O3S. The fourth-order valence-corrected chi connectivity index (χ4v) is 2.86. The van der Waals surface area contributed by atoms with Gasteiger partial charge < -0.3 is 11.1 Å². The van der Waals surface area contributed by atoms with Gasteiger partial charge in [-0.25, -0.2) is 17.9 Å². The molecular weight excluding hydrogens is 334 g/mol. The third kappa shape index (κ3) is 4.71. The van der Waals surface area contributed by atoms with Crippen LogP contribution in [-0.2, 0) is 10.0 Å². The number of nitrogens with one attached hydrogen (secondary N) is 2. The third-order valence-electron chi connectivity index (χ3n) is 1.98. The van der Waals surface area contributed by atoms with Gasteiger partial charge in [0.2, 0.25) is 0 Å². The molecule has 0 aliphatic rings. The third-order valence-corrected chi connectivity index (χ3v) is 3.86. The van der Waals surface area contributed by atoms with E-state index in [1.165, 1.54) is 12.1 Å². The standard InChI is InChI=1S/C11H16BrN3O3S/c1-11(2,3)14-10(16)15-19(17,18)9-6-7(12)4-5-8(9)13/h4-6H,13H2,1-3H3,(H2,14,15,16). The van der Waals surface area contributed by atoms with Crippen molar-refractivity contribution in [1.82, 2.24) is 10.0 Å². The molecule has 0 radical (unpaired) electrons. The number of amides is 2. The molecule has 1 aromatic carbocycles. The maximum Gasteiger partial charge on any atom is 0.329 e. The van der Waals surface area contributed by atoms with E-state index in [4.69, 9.17) is 5.73 Å². The average Bonchev–Trinajstić information content (AvgIpc) is 2.17. The lowest BCUT2D eigenvalue weighted by molar-refractivity contribution is 0.237. The zero-order valence-electron chi connectivity index (χ0n) is 10.8. The molecule has 0 saturated heterocycles. The van der Waals surface area contributed by atoms with Gasteiger partial charge in [0, 0.05) is 10.0 Å². The molecule has 0 aliphatic carbocycles. The van der Waals surface area contributed by atoms with Crippen LogP contribution in [0, 0.1) is 0 Å². The molecule has 4 N–H and O–H groups in total. The molecule has 0 bridgehead atoms. The first kappa shape index (κ1) is 15.8. The molecule has 0 spiro atoms. The van der Waals surface area contributed by atoms with E-state index in [9.17, 15) is 13.2 Å². The first-order valence-electron chi connectivity index (χ1n) is 5.41. The molecule has 0 aromatic heterocycles. The van der Waals surface area contributed by atoms with E-state index < -0.39 is 21.6 Å². The molecule has 0 unspecified atom stereocenters. The van der Waals surface area contributed by atoms with Crippen LogP contribution in [0.15, 0.2) is 27.6 Å². The van der Waals surface area contributed by atoms with E-state index in [0.29, 0.717) is 4.47 Å². The van der Waals surface area contributed by atoms with Gasteiger partial charge in [-0.1, -0.05) is 15.9 Å². The number of carbonyl (C=O) groups is 1. The number of hydrogen-bond donors (Lipinski definition) is 3.